The van der Waals surface area contributed by atoms with Crippen LogP contribution in [0.5, 0.6) is 0 Å². The Morgan fingerprint density at radius 2 is 1.74 bits per heavy atom. The molecule has 14 heteroatoms. The second-order valence-corrected chi connectivity index (χ2v) is 10.9. The first-order chi connectivity index (χ1) is 16.2. The van der Waals surface area contributed by atoms with Crippen molar-refractivity contribution in [2.24, 2.45) is 11.8 Å². The molecule has 10 nitrogen and oxygen atoms in total. The van der Waals surface area contributed by atoms with Crippen molar-refractivity contribution in [1.82, 2.24) is 15.1 Å². The molecule has 0 unspecified atom stereocenters. The van der Waals surface area contributed by atoms with E-state index in [1.54, 1.807) is 12.1 Å². The summed E-state index contributed by atoms with van der Waals surface area (Å²) < 4.78 is 56.9. The molecule has 35 heavy (non-hydrogen) atoms. The molecular weight excluding hydrogens is 493 g/mol. The van der Waals surface area contributed by atoms with E-state index in [0.717, 1.165) is 6.54 Å². The maximum Gasteiger partial charge on any atom is 0.490 e. The number of carboxylic acids is 1. The highest BCUT2D eigenvalue weighted by Crippen LogP contribution is 2.37. The lowest BCUT2D eigenvalue weighted by molar-refractivity contribution is -0.192. The summed E-state index contributed by atoms with van der Waals surface area (Å²) in [6.45, 7) is 1.64. The van der Waals surface area contributed by atoms with Crippen LogP contribution in [0.25, 0.3) is 0 Å². The number of halogens is 3. The highest BCUT2D eigenvalue weighted by atomic mass is 32.2. The largest absolute Gasteiger partial charge is 0.490 e. The number of benzene rings is 1. The smallest absolute Gasteiger partial charge is 0.475 e. The summed E-state index contributed by atoms with van der Waals surface area (Å²) in [5.41, 5.74) is 0.656. The number of carbonyl (C=O) groups is 3. The number of urea groups is 1. The van der Waals surface area contributed by atoms with Gasteiger partial charge in [-0.2, -0.15) is 13.2 Å². The Labute approximate surface area is 201 Å². The number of hydrogen-bond acceptors (Lipinski definition) is 6. The fraction of sp³-hybridized carbons (Fsp3) is 0.571. The van der Waals surface area contributed by atoms with Gasteiger partial charge in [-0.05, 0) is 32.6 Å². The minimum Gasteiger partial charge on any atom is -0.475 e. The summed E-state index contributed by atoms with van der Waals surface area (Å²) in [5.74, 6) is -3.62. The molecule has 2 aliphatic heterocycles. The zero-order chi connectivity index (χ0) is 26.4. The number of rotatable bonds is 5. The van der Waals surface area contributed by atoms with Gasteiger partial charge in [-0.1, -0.05) is 18.2 Å². The minimum atomic E-state index is -5.08. The van der Waals surface area contributed by atoms with Crippen LogP contribution in [0.1, 0.15) is 6.42 Å². The van der Waals surface area contributed by atoms with Crippen molar-refractivity contribution in [1.29, 1.82) is 0 Å². The van der Waals surface area contributed by atoms with Gasteiger partial charge in [0.2, 0.25) is 5.91 Å². The standard InChI is InChI=1S/C19H28N4O4S.C2HF3O2/c1-22(2)10-9-20-18(24)15-8-11-28(26,27)17-13-23(12-16(15)17)19(25)21-14-6-4-3-5-7-14;3-2(4,5)1(6)7/h3-7,15-17H,8-13H2,1-2H3,(H,20,24)(H,21,25);(H,6,7)/t15-,16+,17+;/m0./s1. The summed E-state index contributed by atoms with van der Waals surface area (Å²) in [7, 11) is 0.542. The van der Waals surface area contributed by atoms with Gasteiger partial charge >= 0.3 is 18.2 Å². The van der Waals surface area contributed by atoms with Crippen molar-refractivity contribution in [3.05, 3.63) is 30.3 Å². The molecule has 2 saturated heterocycles. The van der Waals surface area contributed by atoms with Gasteiger partial charge in [-0.3, -0.25) is 4.79 Å². The lowest BCUT2D eigenvalue weighted by Gasteiger charge is -2.31. The van der Waals surface area contributed by atoms with Crippen LogP contribution >= 0.6 is 0 Å². The number of nitrogens with zero attached hydrogens (tertiary/aromatic N) is 2. The average molecular weight is 523 g/mol. The van der Waals surface area contributed by atoms with Crippen LogP contribution in [-0.4, -0.2) is 98.7 Å². The number of para-hydroxylation sites is 1. The Morgan fingerprint density at radius 1 is 1.14 bits per heavy atom. The van der Waals surface area contributed by atoms with Crippen LogP contribution in [0.3, 0.4) is 0 Å². The first kappa shape index (κ1) is 28.4. The molecule has 2 fully saturated rings. The molecule has 196 valence electrons. The van der Waals surface area contributed by atoms with E-state index in [4.69, 9.17) is 9.90 Å². The predicted octanol–water partition coefficient (Wildman–Crippen LogP) is 1.26. The van der Waals surface area contributed by atoms with Crippen LogP contribution in [0.4, 0.5) is 23.7 Å². The zero-order valence-corrected chi connectivity index (χ0v) is 20.1. The molecule has 0 aliphatic carbocycles. The zero-order valence-electron chi connectivity index (χ0n) is 19.3. The fourth-order valence-corrected chi connectivity index (χ4v) is 6.07. The van der Waals surface area contributed by atoms with Gasteiger partial charge in [0, 0.05) is 43.7 Å². The van der Waals surface area contributed by atoms with Gasteiger partial charge in [-0.25, -0.2) is 18.0 Å². The van der Waals surface area contributed by atoms with Gasteiger partial charge in [0.25, 0.3) is 0 Å². The van der Waals surface area contributed by atoms with Crippen LogP contribution < -0.4 is 10.6 Å². The average Bonchev–Trinajstić information content (AvgIpc) is 3.21. The number of carbonyl (C=O) groups excluding carboxylic acids is 2. The SMILES string of the molecule is CN(C)CCNC(=O)[C@H]1CCS(=O)(=O)[C@@H]2CN(C(=O)Nc3ccccc3)C[C@H]12.O=C(O)C(F)(F)F. The summed E-state index contributed by atoms with van der Waals surface area (Å²) in [6, 6.07) is 8.71. The molecule has 2 heterocycles. The third-order valence-corrected chi connectivity index (χ3v) is 7.98. The van der Waals surface area contributed by atoms with E-state index in [0.29, 0.717) is 18.7 Å². The van der Waals surface area contributed by atoms with E-state index in [-0.39, 0.29) is 42.6 Å². The van der Waals surface area contributed by atoms with Crippen LogP contribution in [0.15, 0.2) is 30.3 Å². The lowest BCUT2D eigenvalue weighted by atomic mass is 9.87. The second-order valence-electron chi connectivity index (χ2n) is 8.56. The molecule has 3 N–H and O–H groups in total. The molecule has 0 saturated carbocycles. The first-order valence-corrected chi connectivity index (χ1v) is 12.5. The van der Waals surface area contributed by atoms with Crippen molar-refractivity contribution < 1.29 is 41.1 Å². The van der Waals surface area contributed by atoms with E-state index >= 15 is 0 Å². The van der Waals surface area contributed by atoms with Crippen molar-refractivity contribution >= 4 is 33.4 Å². The predicted molar refractivity (Wildman–Crippen MR) is 121 cm³/mol. The van der Waals surface area contributed by atoms with E-state index in [9.17, 15) is 31.2 Å². The number of carboxylic acid groups (broad SMARTS) is 1. The maximum absolute atomic E-state index is 12.7. The molecule has 3 atom stereocenters. The van der Waals surface area contributed by atoms with Crippen molar-refractivity contribution in [3.63, 3.8) is 0 Å². The van der Waals surface area contributed by atoms with Crippen molar-refractivity contribution in [2.75, 3.05) is 51.3 Å². The number of amides is 3. The Bertz CT molecular complexity index is 1000. The van der Waals surface area contributed by atoms with Crippen molar-refractivity contribution in [3.8, 4) is 0 Å². The quantitative estimate of drug-likeness (QED) is 0.530. The van der Waals surface area contributed by atoms with Gasteiger partial charge in [0.15, 0.2) is 9.84 Å². The van der Waals surface area contributed by atoms with E-state index in [1.807, 2.05) is 37.2 Å². The molecule has 1 aromatic carbocycles. The van der Waals surface area contributed by atoms with Gasteiger partial charge in [-0.15, -0.1) is 0 Å². The van der Waals surface area contributed by atoms with Crippen molar-refractivity contribution in [2.45, 2.75) is 17.8 Å². The number of fused-ring (bicyclic) bond motifs is 1. The molecule has 0 aromatic heterocycles. The molecule has 0 radical (unpaired) electrons. The Balaban J connectivity index is 0.000000540. The summed E-state index contributed by atoms with van der Waals surface area (Å²) in [4.78, 5) is 37.7. The fourth-order valence-electron chi connectivity index (χ4n) is 3.97. The van der Waals surface area contributed by atoms with Gasteiger partial charge in [0.05, 0.1) is 11.0 Å². The third-order valence-electron chi connectivity index (χ3n) is 5.75. The summed E-state index contributed by atoms with van der Waals surface area (Å²) in [6.07, 6.45) is -4.77. The normalized spacial score (nSPS) is 23.0. The van der Waals surface area contributed by atoms with Crippen LogP contribution in [0.2, 0.25) is 0 Å². The maximum atomic E-state index is 12.7. The first-order valence-electron chi connectivity index (χ1n) is 10.8. The molecule has 2 aliphatic rings. The molecule has 0 bridgehead atoms. The Kier molecular flexibility index (Phi) is 9.49. The lowest BCUT2D eigenvalue weighted by Crippen LogP contribution is -2.47. The number of alkyl halides is 3. The Morgan fingerprint density at radius 3 is 2.29 bits per heavy atom. The Hall–Kier alpha value is -2.87. The highest BCUT2D eigenvalue weighted by molar-refractivity contribution is 7.92. The molecule has 0 spiro atoms. The van der Waals surface area contributed by atoms with E-state index in [2.05, 4.69) is 10.6 Å². The third kappa shape index (κ3) is 8.09. The summed E-state index contributed by atoms with van der Waals surface area (Å²) >= 11 is 0. The number of anilines is 1. The number of aliphatic carboxylic acids is 1. The van der Waals surface area contributed by atoms with E-state index < -0.39 is 27.2 Å². The summed E-state index contributed by atoms with van der Waals surface area (Å²) in [5, 5.41) is 12.2. The monoisotopic (exact) mass is 522 g/mol. The van der Waals surface area contributed by atoms with Crippen LogP contribution in [0, 0.1) is 11.8 Å². The molecule has 3 amide bonds. The van der Waals surface area contributed by atoms with E-state index in [1.165, 1.54) is 4.90 Å². The number of likely N-dealkylation sites (N-methyl/N-ethyl adjacent to an activating group) is 1. The molecule has 1 aromatic rings. The minimum absolute atomic E-state index is 0.00587. The van der Waals surface area contributed by atoms with Crippen LogP contribution in [-0.2, 0) is 19.4 Å². The number of sulfone groups is 1. The topological polar surface area (TPSA) is 136 Å². The molecule has 3 rings (SSSR count). The molecular formula is C21H29F3N4O6S. The highest BCUT2D eigenvalue weighted by Gasteiger charge is 2.51. The number of hydrogen-bond donors (Lipinski definition) is 3. The van der Waals surface area contributed by atoms with Gasteiger partial charge in [0.1, 0.15) is 0 Å². The number of nitrogens with one attached hydrogen (secondary N) is 2. The number of likely N-dealkylation sites (tertiary alicyclic amines) is 1. The van der Waals surface area contributed by atoms with Gasteiger partial charge < -0.3 is 25.5 Å². The second kappa shape index (κ2) is 11.7.